The van der Waals surface area contributed by atoms with Crippen LogP contribution in [0.15, 0.2) is 73.1 Å². The van der Waals surface area contributed by atoms with Gasteiger partial charge in [-0.05, 0) is 48.9 Å². The van der Waals surface area contributed by atoms with Crippen molar-refractivity contribution in [1.82, 2.24) is 9.97 Å². The van der Waals surface area contributed by atoms with Crippen molar-refractivity contribution in [2.45, 2.75) is 19.9 Å². The molecule has 4 aromatic rings. The molecule has 2 aromatic heterocycles. The molecule has 0 aliphatic rings. The molecule has 7 heteroatoms. The van der Waals surface area contributed by atoms with Gasteiger partial charge in [-0.3, -0.25) is 14.7 Å². The van der Waals surface area contributed by atoms with E-state index in [1.54, 1.807) is 17.3 Å². The molecule has 0 aliphatic heterocycles. The van der Waals surface area contributed by atoms with Crippen LogP contribution in [0, 0.1) is 0 Å². The van der Waals surface area contributed by atoms with Gasteiger partial charge in [-0.2, -0.15) is 0 Å². The summed E-state index contributed by atoms with van der Waals surface area (Å²) in [5, 5.41) is 0.650. The molecule has 0 radical (unpaired) electrons. The second-order valence-electron chi connectivity index (χ2n) is 6.81. The lowest BCUT2D eigenvalue weighted by atomic mass is 10.2. The SMILES string of the molecule is CCOc1ccc2nc(N(Cc3cccnc3)C(=O)CCOc3ccccc3)sc2c1. The lowest BCUT2D eigenvalue weighted by Crippen LogP contribution is -2.31. The van der Waals surface area contributed by atoms with Gasteiger partial charge in [-0.15, -0.1) is 0 Å². The highest BCUT2D eigenvalue weighted by molar-refractivity contribution is 7.22. The van der Waals surface area contributed by atoms with Crippen molar-refractivity contribution in [3.05, 3.63) is 78.6 Å². The summed E-state index contributed by atoms with van der Waals surface area (Å²) < 4.78 is 12.3. The molecular formula is C24H23N3O3S. The largest absolute Gasteiger partial charge is 0.494 e. The van der Waals surface area contributed by atoms with Gasteiger partial charge in [0.05, 0.1) is 36.4 Å². The first kappa shape index (κ1) is 20.8. The molecule has 0 bridgehead atoms. The molecule has 2 aromatic carbocycles. The maximum atomic E-state index is 13.2. The topological polar surface area (TPSA) is 64.5 Å². The van der Waals surface area contributed by atoms with E-state index in [0.29, 0.717) is 24.9 Å². The normalized spacial score (nSPS) is 10.7. The Labute approximate surface area is 185 Å². The minimum atomic E-state index is -0.0520. The number of ether oxygens (including phenoxy) is 2. The summed E-state index contributed by atoms with van der Waals surface area (Å²) in [7, 11) is 0. The van der Waals surface area contributed by atoms with Crippen molar-refractivity contribution in [3.63, 3.8) is 0 Å². The Bertz CT molecular complexity index is 1130. The predicted molar refractivity (Wildman–Crippen MR) is 123 cm³/mol. The van der Waals surface area contributed by atoms with Gasteiger partial charge in [-0.25, -0.2) is 4.98 Å². The van der Waals surface area contributed by atoms with Crippen LogP contribution in [0.2, 0.25) is 0 Å². The van der Waals surface area contributed by atoms with Crippen molar-refractivity contribution in [2.75, 3.05) is 18.1 Å². The number of carbonyl (C=O) groups excluding carboxylic acids is 1. The van der Waals surface area contributed by atoms with Crippen molar-refractivity contribution in [1.29, 1.82) is 0 Å². The molecule has 0 spiro atoms. The number of para-hydroxylation sites is 1. The van der Waals surface area contributed by atoms with Crippen molar-refractivity contribution < 1.29 is 14.3 Å². The Morgan fingerprint density at radius 3 is 2.68 bits per heavy atom. The molecule has 0 atom stereocenters. The summed E-state index contributed by atoms with van der Waals surface area (Å²) in [6, 6.07) is 19.1. The summed E-state index contributed by atoms with van der Waals surface area (Å²) in [5.41, 5.74) is 1.78. The fourth-order valence-electron chi connectivity index (χ4n) is 3.11. The number of aromatic nitrogens is 2. The van der Waals surface area contributed by atoms with E-state index in [-0.39, 0.29) is 12.3 Å². The molecule has 6 nitrogen and oxygen atoms in total. The number of benzene rings is 2. The summed E-state index contributed by atoms with van der Waals surface area (Å²) >= 11 is 1.48. The first-order chi connectivity index (χ1) is 15.2. The second kappa shape index (κ2) is 10.0. The van der Waals surface area contributed by atoms with Gasteiger partial charge in [0.25, 0.3) is 0 Å². The molecule has 4 rings (SSSR count). The van der Waals surface area contributed by atoms with Gasteiger partial charge in [0, 0.05) is 12.4 Å². The molecule has 31 heavy (non-hydrogen) atoms. The average molecular weight is 434 g/mol. The Kier molecular flexibility index (Phi) is 6.74. The lowest BCUT2D eigenvalue weighted by molar-refractivity contribution is -0.119. The van der Waals surface area contributed by atoms with Crippen LogP contribution in [0.5, 0.6) is 11.5 Å². The zero-order valence-electron chi connectivity index (χ0n) is 17.2. The molecule has 0 unspecified atom stereocenters. The van der Waals surface area contributed by atoms with Crippen molar-refractivity contribution in [3.8, 4) is 11.5 Å². The number of hydrogen-bond acceptors (Lipinski definition) is 6. The number of thiazole rings is 1. The first-order valence-electron chi connectivity index (χ1n) is 10.1. The van der Waals surface area contributed by atoms with Crippen LogP contribution >= 0.6 is 11.3 Å². The lowest BCUT2D eigenvalue weighted by Gasteiger charge is -2.20. The van der Waals surface area contributed by atoms with Gasteiger partial charge in [-0.1, -0.05) is 35.6 Å². The minimum Gasteiger partial charge on any atom is -0.494 e. The van der Waals surface area contributed by atoms with Gasteiger partial charge in [0.2, 0.25) is 5.91 Å². The Hall–Kier alpha value is -3.45. The number of nitrogens with zero attached hydrogens (tertiary/aromatic N) is 3. The highest BCUT2D eigenvalue weighted by atomic mass is 32.1. The number of amides is 1. The number of fused-ring (bicyclic) bond motifs is 1. The standard InChI is InChI=1S/C24H23N3O3S/c1-2-29-20-10-11-21-22(15-20)31-24(26-21)27(17-18-7-6-13-25-16-18)23(28)12-14-30-19-8-4-3-5-9-19/h3-11,13,15-16H,2,12,14,17H2,1H3. The van der Waals surface area contributed by atoms with E-state index in [4.69, 9.17) is 14.5 Å². The molecule has 0 saturated heterocycles. The fraction of sp³-hybridized carbons (Fsp3) is 0.208. The number of pyridine rings is 1. The maximum Gasteiger partial charge on any atom is 0.232 e. The number of carbonyl (C=O) groups is 1. The van der Waals surface area contributed by atoms with E-state index >= 15 is 0 Å². The summed E-state index contributed by atoms with van der Waals surface area (Å²) in [6.07, 6.45) is 3.73. The highest BCUT2D eigenvalue weighted by Gasteiger charge is 2.20. The fourth-order valence-corrected chi connectivity index (χ4v) is 4.12. The van der Waals surface area contributed by atoms with Crippen LogP contribution in [0.25, 0.3) is 10.2 Å². The van der Waals surface area contributed by atoms with E-state index in [0.717, 1.165) is 27.3 Å². The summed E-state index contributed by atoms with van der Waals surface area (Å²) in [6.45, 7) is 3.25. The Morgan fingerprint density at radius 2 is 1.90 bits per heavy atom. The highest BCUT2D eigenvalue weighted by Crippen LogP contribution is 2.32. The Morgan fingerprint density at radius 1 is 1.03 bits per heavy atom. The van der Waals surface area contributed by atoms with Gasteiger partial charge in [0.1, 0.15) is 11.5 Å². The zero-order chi connectivity index (χ0) is 21.5. The van der Waals surface area contributed by atoms with E-state index in [1.807, 2.05) is 67.6 Å². The van der Waals surface area contributed by atoms with Gasteiger partial charge in [0.15, 0.2) is 5.13 Å². The van der Waals surface area contributed by atoms with Crippen LogP contribution in [0.1, 0.15) is 18.9 Å². The van der Waals surface area contributed by atoms with Crippen LogP contribution in [-0.2, 0) is 11.3 Å². The second-order valence-corrected chi connectivity index (χ2v) is 7.82. The minimum absolute atomic E-state index is 0.0520. The molecule has 158 valence electrons. The third-order valence-corrected chi connectivity index (χ3v) is 5.62. The predicted octanol–water partition coefficient (Wildman–Crippen LogP) is 5.09. The maximum absolute atomic E-state index is 13.2. The number of hydrogen-bond donors (Lipinski definition) is 0. The van der Waals surface area contributed by atoms with E-state index < -0.39 is 0 Å². The van der Waals surface area contributed by atoms with E-state index in [1.165, 1.54) is 11.3 Å². The number of anilines is 1. The van der Waals surface area contributed by atoms with Crippen molar-refractivity contribution in [2.24, 2.45) is 0 Å². The molecule has 0 saturated carbocycles. The smallest absolute Gasteiger partial charge is 0.232 e. The summed E-state index contributed by atoms with van der Waals surface area (Å²) in [4.78, 5) is 23.7. The molecular weight excluding hydrogens is 410 g/mol. The monoisotopic (exact) mass is 433 g/mol. The van der Waals surface area contributed by atoms with Crippen LogP contribution < -0.4 is 14.4 Å². The number of rotatable bonds is 9. The Balaban J connectivity index is 1.54. The molecule has 2 heterocycles. The van der Waals surface area contributed by atoms with E-state index in [9.17, 15) is 4.79 Å². The van der Waals surface area contributed by atoms with Crippen LogP contribution in [-0.4, -0.2) is 29.1 Å². The van der Waals surface area contributed by atoms with Crippen LogP contribution in [0.3, 0.4) is 0 Å². The quantitative estimate of drug-likeness (QED) is 0.368. The third-order valence-electron chi connectivity index (χ3n) is 4.58. The first-order valence-corrected chi connectivity index (χ1v) is 10.9. The van der Waals surface area contributed by atoms with E-state index in [2.05, 4.69) is 4.98 Å². The molecule has 0 fully saturated rings. The van der Waals surface area contributed by atoms with Crippen LogP contribution in [0.4, 0.5) is 5.13 Å². The average Bonchev–Trinajstić information content (AvgIpc) is 3.22. The molecule has 0 aliphatic carbocycles. The third kappa shape index (κ3) is 5.38. The van der Waals surface area contributed by atoms with Gasteiger partial charge < -0.3 is 9.47 Å². The summed E-state index contributed by atoms with van der Waals surface area (Å²) in [5.74, 6) is 1.49. The molecule has 0 N–H and O–H groups in total. The zero-order valence-corrected chi connectivity index (χ0v) is 18.0. The van der Waals surface area contributed by atoms with Gasteiger partial charge >= 0.3 is 0 Å². The molecule has 1 amide bonds. The van der Waals surface area contributed by atoms with Crippen molar-refractivity contribution >= 4 is 32.6 Å².